The van der Waals surface area contributed by atoms with Crippen LogP contribution in [0.2, 0.25) is 0 Å². The number of rotatable bonds is 4. The quantitative estimate of drug-likeness (QED) is 0.861. The number of hydrogen-bond acceptors (Lipinski definition) is 3. The van der Waals surface area contributed by atoms with Gasteiger partial charge in [-0.15, -0.1) is 0 Å². The van der Waals surface area contributed by atoms with Gasteiger partial charge >= 0.3 is 12.0 Å². The number of carboxylic acids is 1. The van der Waals surface area contributed by atoms with Crippen molar-refractivity contribution in [3.63, 3.8) is 0 Å². The predicted octanol–water partition coefficient (Wildman–Crippen LogP) is 2.57. The van der Waals surface area contributed by atoms with Gasteiger partial charge in [-0.25, -0.2) is 13.9 Å². The molecule has 144 valence electrons. The molecule has 0 radical (unpaired) electrons. The molecule has 1 fully saturated rings. The zero-order valence-corrected chi connectivity index (χ0v) is 15.4. The summed E-state index contributed by atoms with van der Waals surface area (Å²) in [5.41, 5.74) is 2.33. The molecule has 3 rings (SSSR count). The average Bonchev–Trinajstić information content (AvgIpc) is 3.00. The molecule has 2 amide bonds. The second-order valence-corrected chi connectivity index (χ2v) is 7.10. The van der Waals surface area contributed by atoms with Crippen LogP contribution in [0.25, 0.3) is 5.69 Å². The molecule has 8 heteroatoms. The fourth-order valence-electron chi connectivity index (χ4n) is 3.37. The summed E-state index contributed by atoms with van der Waals surface area (Å²) in [7, 11) is 0. The summed E-state index contributed by atoms with van der Waals surface area (Å²) < 4.78 is 14.7. The zero-order valence-electron chi connectivity index (χ0n) is 15.4. The lowest BCUT2D eigenvalue weighted by molar-refractivity contribution is -0.143. The van der Waals surface area contributed by atoms with Crippen LogP contribution in [0.1, 0.15) is 24.6 Å². The van der Waals surface area contributed by atoms with E-state index in [4.69, 9.17) is 0 Å². The fraction of sp³-hybridized carbons (Fsp3) is 0.421. The number of carbonyl (C=O) groups is 2. The molecule has 7 nitrogen and oxygen atoms in total. The number of carbonyl (C=O) groups excluding carboxylic acids is 1. The molecule has 1 aliphatic rings. The first-order chi connectivity index (χ1) is 12.8. The molecule has 0 bridgehead atoms. The fourth-order valence-corrected chi connectivity index (χ4v) is 3.37. The lowest BCUT2D eigenvalue weighted by Crippen LogP contribution is -2.49. The van der Waals surface area contributed by atoms with Crippen molar-refractivity contribution in [2.24, 2.45) is 11.8 Å². The molecule has 1 aliphatic heterocycles. The minimum Gasteiger partial charge on any atom is -0.481 e. The summed E-state index contributed by atoms with van der Waals surface area (Å²) in [6, 6.07) is 5.71. The monoisotopic (exact) mass is 374 g/mol. The van der Waals surface area contributed by atoms with E-state index in [9.17, 15) is 19.1 Å². The van der Waals surface area contributed by atoms with Crippen molar-refractivity contribution < 1.29 is 19.1 Å². The molecule has 0 saturated carbocycles. The molecular weight excluding hydrogens is 351 g/mol. The maximum atomic E-state index is 13.1. The third-order valence-corrected chi connectivity index (χ3v) is 4.82. The van der Waals surface area contributed by atoms with Crippen molar-refractivity contribution in [1.82, 2.24) is 20.0 Å². The number of nitrogens with zero attached hydrogens (tertiary/aromatic N) is 3. The number of urea groups is 1. The lowest BCUT2D eigenvalue weighted by atomic mass is 9.91. The maximum Gasteiger partial charge on any atom is 0.317 e. The molecule has 2 N–H and O–H groups in total. The van der Waals surface area contributed by atoms with Crippen molar-refractivity contribution in [2.45, 2.75) is 26.8 Å². The van der Waals surface area contributed by atoms with Crippen molar-refractivity contribution in [2.75, 3.05) is 13.1 Å². The van der Waals surface area contributed by atoms with Crippen LogP contribution in [-0.2, 0) is 11.3 Å². The smallest absolute Gasteiger partial charge is 0.317 e. The minimum atomic E-state index is -0.865. The van der Waals surface area contributed by atoms with Crippen molar-refractivity contribution in [3.8, 4) is 5.69 Å². The van der Waals surface area contributed by atoms with E-state index in [0.29, 0.717) is 13.0 Å². The summed E-state index contributed by atoms with van der Waals surface area (Å²) in [6.45, 7) is 4.84. The van der Waals surface area contributed by atoms with Crippen LogP contribution in [0, 0.1) is 24.6 Å². The second-order valence-electron chi connectivity index (χ2n) is 7.10. The molecule has 2 unspecified atom stereocenters. The SMILES string of the molecule is Cc1nn(-c2ccc(F)cc2)cc1CNC(=O)N1CC(C)CC(C(=O)O)C1. The lowest BCUT2D eigenvalue weighted by Gasteiger charge is -2.34. The van der Waals surface area contributed by atoms with Crippen LogP contribution in [0.3, 0.4) is 0 Å². The zero-order chi connectivity index (χ0) is 19.6. The van der Waals surface area contributed by atoms with Crippen LogP contribution >= 0.6 is 0 Å². The molecule has 1 saturated heterocycles. The van der Waals surface area contributed by atoms with Gasteiger partial charge in [-0.3, -0.25) is 4.79 Å². The number of benzene rings is 1. The summed E-state index contributed by atoms with van der Waals surface area (Å²) in [5, 5.41) is 16.5. The molecule has 2 heterocycles. The van der Waals surface area contributed by atoms with Gasteiger partial charge in [0, 0.05) is 31.4 Å². The Morgan fingerprint density at radius 2 is 2.00 bits per heavy atom. The highest BCUT2D eigenvalue weighted by Gasteiger charge is 2.31. The second kappa shape index (κ2) is 7.77. The number of halogens is 1. The van der Waals surface area contributed by atoms with Gasteiger partial charge < -0.3 is 15.3 Å². The molecule has 1 aromatic heterocycles. The Kier molecular flexibility index (Phi) is 5.43. The van der Waals surface area contributed by atoms with E-state index in [0.717, 1.165) is 16.9 Å². The van der Waals surface area contributed by atoms with E-state index in [1.165, 1.54) is 12.1 Å². The van der Waals surface area contributed by atoms with Crippen molar-refractivity contribution in [1.29, 1.82) is 0 Å². The van der Waals surface area contributed by atoms with Gasteiger partial charge in [0.25, 0.3) is 0 Å². The number of hydrogen-bond donors (Lipinski definition) is 2. The number of carboxylic acid groups (broad SMARTS) is 1. The molecule has 2 atom stereocenters. The largest absolute Gasteiger partial charge is 0.481 e. The highest BCUT2D eigenvalue weighted by atomic mass is 19.1. The van der Waals surface area contributed by atoms with E-state index < -0.39 is 11.9 Å². The summed E-state index contributed by atoms with van der Waals surface area (Å²) in [6.07, 6.45) is 2.38. The molecule has 27 heavy (non-hydrogen) atoms. The summed E-state index contributed by atoms with van der Waals surface area (Å²) >= 11 is 0. The third-order valence-electron chi connectivity index (χ3n) is 4.82. The number of amides is 2. The van der Waals surface area contributed by atoms with Crippen molar-refractivity contribution in [3.05, 3.63) is 47.5 Å². The molecule has 1 aromatic carbocycles. The van der Waals surface area contributed by atoms with E-state index in [1.807, 2.05) is 13.8 Å². The third kappa shape index (κ3) is 4.45. The molecule has 0 spiro atoms. The standard InChI is InChI=1S/C19H23FN4O3/c1-12-7-14(18(25)26)10-23(9-12)19(27)21-8-15-11-24(22-13(15)2)17-5-3-16(20)4-6-17/h3-6,11-12,14H,7-10H2,1-2H3,(H,21,27)(H,25,26). The van der Waals surface area contributed by atoms with E-state index in [2.05, 4.69) is 10.4 Å². The first-order valence-corrected chi connectivity index (χ1v) is 8.90. The highest BCUT2D eigenvalue weighted by molar-refractivity contribution is 5.76. The number of piperidine rings is 1. The van der Waals surface area contributed by atoms with Gasteiger partial charge in [0.05, 0.1) is 17.3 Å². The minimum absolute atomic E-state index is 0.147. The van der Waals surface area contributed by atoms with E-state index >= 15 is 0 Å². The summed E-state index contributed by atoms with van der Waals surface area (Å²) in [4.78, 5) is 25.3. The van der Waals surface area contributed by atoms with Crippen LogP contribution in [0.15, 0.2) is 30.5 Å². The highest BCUT2D eigenvalue weighted by Crippen LogP contribution is 2.22. The number of aryl methyl sites for hydroxylation is 1. The Balaban J connectivity index is 1.63. The average molecular weight is 374 g/mol. The normalized spacial score (nSPS) is 19.7. The Morgan fingerprint density at radius 3 is 2.67 bits per heavy atom. The van der Waals surface area contributed by atoms with Crippen LogP contribution in [0.4, 0.5) is 9.18 Å². The van der Waals surface area contributed by atoms with Crippen molar-refractivity contribution >= 4 is 12.0 Å². The van der Waals surface area contributed by atoms with Gasteiger partial charge in [0.15, 0.2) is 0 Å². The number of likely N-dealkylation sites (tertiary alicyclic amines) is 1. The van der Waals surface area contributed by atoms with Gasteiger partial charge in [0.1, 0.15) is 5.82 Å². The molecule has 0 aliphatic carbocycles. The Morgan fingerprint density at radius 1 is 1.30 bits per heavy atom. The number of aliphatic carboxylic acids is 1. The predicted molar refractivity (Wildman–Crippen MR) is 97.0 cm³/mol. The van der Waals surface area contributed by atoms with Crippen LogP contribution in [0.5, 0.6) is 0 Å². The Hall–Kier alpha value is -2.90. The number of nitrogens with one attached hydrogen (secondary N) is 1. The van der Waals surface area contributed by atoms with E-state index in [-0.39, 0.29) is 30.9 Å². The first kappa shape index (κ1) is 18.9. The van der Waals surface area contributed by atoms with Gasteiger partial charge in [-0.2, -0.15) is 5.10 Å². The number of aromatic nitrogens is 2. The first-order valence-electron chi connectivity index (χ1n) is 8.90. The maximum absolute atomic E-state index is 13.1. The molecular formula is C19H23FN4O3. The Labute approximate surface area is 156 Å². The summed E-state index contributed by atoms with van der Waals surface area (Å²) in [5.74, 6) is -1.56. The Bertz CT molecular complexity index is 834. The topological polar surface area (TPSA) is 87.5 Å². The molecule has 2 aromatic rings. The van der Waals surface area contributed by atoms with E-state index in [1.54, 1.807) is 27.9 Å². The van der Waals surface area contributed by atoms with Crippen LogP contribution < -0.4 is 5.32 Å². The van der Waals surface area contributed by atoms with Gasteiger partial charge in [-0.05, 0) is 43.5 Å². The van der Waals surface area contributed by atoms with Crippen LogP contribution in [-0.4, -0.2) is 44.9 Å². The van der Waals surface area contributed by atoms with Gasteiger partial charge in [-0.1, -0.05) is 6.92 Å². The van der Waals surface area contributed by atoms with Gasteiger partial charge in [0.2, 0.25) is 0 Å².